The number of aromatic nitrogens is 2. The van der Waals surface area contributed by atoms with E-state index in [0.29, 0.717) is 5.82 Å². The van der Waals surface area contributed by atoms with Gasteiger partial charge in [-0.25, -0.2) is 4.99 Å². The minimum Gasteiger partial charge on any atom is -0.290 e. The highest BCUT2D eigenvalue weighted by molar-refractivity contribution is 5.65. The molecule has 0 fully saturated rings. The van der Waals surface area contributed by atoms with Crippen molar-refractivity contribution in [1.29, 1.82) is 0 Å². The van der Waals surface area contributed by atoms with Gasteiger partial charge in [0, 0.05) is 18.7 Å². The van der Waals surface area contributed by atoms with Crippen molar-refractivity contribution in [3.05, 3.63) is 35.9 Å². The molecule has 106 valence electrons. The summed E-state index contributed by atoms with van der Waals surface area (Å²) in [5, 5.41) is 12.9. The topological polar surface area (TPSA) is 62.4 Å². The van der Waals surface area contributed by atoms with Crippen LogP contribution in [-0.4, -0.2) is 21.3 Å². The third-order valence-electron chi connectivity index (χ3n) is 3.16. The van der Waals surface area contributed by atoms with E-state index in [9.17, 15) is 0 Å². The summed E-state index contributed by atoms with van der Waals surface area (Å²) in [6.07, 6.45) is 1.21. The van der Waals surface area contributed by atoms with Crippen LogP contribution in [0, 0.1) is 0 Å². The van der Waals surface area contributed by atoms with Crippen molar-refractivity contribution in [2.45, 2.75) is 26.2 Å². The molecule has 0 radical (unpaired) electrons. The van der Waals surface area contributed by atoms with E-state index >= 15 is 0 Å². The molecule has 0 atom stereocenters. The molecular formula is C15H20N4O. The number of aryl methyl sites for hydroxylation is 1. The Kier molecular flexibility index (Phi) is 3.90. The van der Waals surface area contributed by atoms with Gasteiger partial charge in [0.05, 0.1) is 5.69 Å². The molecule has 5 heteroatoms. The van der Waals surface area contributed by atoms with Crippen LogP contribution in [0.5, 0.6) is 0 Å². The van der Waals surface area contributed by atoms with E-state index in [2.05, 4.69) is 55.1 Å². The zero-order chi connectivity index (χ0) is 14.8. The van der Waals surface area contributed by atoms with E-state index in [1.165, 1.54) is 11.9 Å². The van der Waals surface area contributed by atoms with Gasteiger partial charge in [0.25, 0.3) is 0 Å². The van der Waals surface area contributed by atoms with Crippen molar-refractivity contribution in [1.82, 2.24) is 15.3 Å². The Hall–Kier alpha value is -2.14. The molecule has 20 heavy (non-hydrogen) atoms. The minimum atomic E-state index is 0.144. The zero-order valence-corrected chi connectivity index (χ0v) is 12.3. The molecule has 0 saturated heterocycles. The maximum atomic E-state index is 8.52. The van der Waals surface area contributed by atoms with E-state index in [0.717, 1.165) is 11.3 Å². The van der Waals surface area contributed by atoms with E-state index in [-0.39, 0.29) is 5.41 Å². The molecule has 1 aromatic heterocycles. The number of hydrogen-bond acceptors (Lipinski definition) is 3. The second-order valence-electron chi connectivity index (χ2n) is 5.73. The second-order valence-corrected chi connectivity index (χ2v) is 5.73. The van der Waals surface area contributed by atoms with E-state index in [1.54, 1.807) is 4.68 Å². The monoisotopic (exact) mass is 272 g/mol. The van der Waals surface area contributed by atoms with Crippen LogP contribution in [0.2, 0.25) is 0 Å². The summed E-state index contributed by atoms with van der Waals surface area (Å²) in [4.78, 5) is 4.04. The SMILES string of the molecule is Cn1nc(-c2ccc(C(C)(C)C)cc2)cc1/N=C/NO. The number of hydroxylamine groups is 1. The summed E-state index contributed by atoms with van der Waals surface area (Å²) in [6.45, 7) is 6.58. The van der Waals surface area contributed by atoms with Gasteiger partial charge in [0.2, 0.25) is 0 Å². The van der Waals surface area contributed by atoms with E-state index in [1.807, 2.05) is 18.6 Å². The first-order valence-corrected chi connectivity index (χ1v) is 6.49. The minimum absolute atomic E-state index is 0.144. The smallest absolute Gasteiger partial charge is 0.152 e. The predicted octanol–water partition coefficient (Wildman–Crippen LogP) is 3.02. The first-order valence-electron chi connectivity index (χ1n) is 6.49. The fourth-order valence-electron chi connectivity index (χ4n) is 1.96. The molecule has 0 spiro atoms. The Bertz CT molecular complexity index is 606. The van der Waals surface area contributed by atoms with Crippen LogP contribution in [0.4, 0.5) is 5.82 Å². The standard InChI is InChI=1S/C15H20N4O/c1-15(2,3)12-7-5-11(6-8-12)13-9-14(16-10-17-20)19(4)18-13/h5-10,20H,1-4H3,(H,16,17). The molecule has 0 aliphatic carbocycles. The molecule has 0 aliphatic rings. The molecule has 0 unspecified atom stereocenters. The fourth-order valence-corrected chi connectivity index (χ4v) is 1.96. The van der Waals surface area contributed by atoms with Gasteiger partial charge >= 0.3 is 0 Å². The van der Waals surface area contributed by atoms with Gasteiger partial charge in [-0.05, 0) is 11.0 Å². The van der Waals surface area contributed by atoms with E-state index < -0.39 is 0 Å². The van der Waals surface area contributed by atoms with Gasteiger partial charge in [-0.1, -0.05) is 45.0 Å². The Morgan fingerprint density at radius 1 is 1.25 bits per heavy atom. The number of nitrogens with zero attached hydrogens (tertiary/aromatic N) is 3. The first-order chi connectivity index (χ1) is 9.41. The van der Waals surface area contributed by atoms with Crippen molar-refractivity contribution in [2.24, 2.45) is 12.0 Å². The average Bonchev–Trinajstić information content (AvgIpc) is 2.77. The molecule has 1 heterocycles. The summed E-state index contributed by atoms with van der Waals surface area (Å²) < 4.78 is 1.67. The Labute approximate surface area is 118 Å². The van der Waals surface area contributed by atoms with Crippen LogP contribution in [-0.2, 0) is 12.5 Å². The lowest BCUT2D eigenvalue weighted by molar-refractivity contribution is 0.240. The molecule has 0 bridgehead atoms. The maximum Gasteiger partial charge on any atom is 0.152 e. The van der Waals surface area contributed by atoms with Crippen molar-refractivity contribution in [3.63, 3.8) is 0 Å². The molecule has 5 nitrogen and oxygen atoms in total. The lowest BCUT2D eigenvalue weighted by Crippen LogP contribution is -2.10. The molecule has 1 aromatic carbocycles. The highest BCUT2D eigenvalue weighted by Crippen LogP contribution is 2.27. The Morgan fingerprint density at radius 3 is 2.45 bits per heavy atom. The highest BCUT2D eigenvalue weighted by atomic mass is 16.5. The number of hydrogen-bond donors (Lipinski definition) is 2. The van der Waals surface area contributed by atoms with Crippen molar-refractivity contribution in [2.75, 3.05) is 0 Å². The summed E-state index contributed by atoms with van der Waals surface area (Å²) in [5.74, 6) is 0.668. The van der Waals surface area contributed by atoms with Crippen molar-refractivity contribution >= 4 is 12.2 Å². The number of benzene rings is 1. The predicted molar refractivity (Wildman–Crippen MR) is 80.4 cm³/mol. The van der Waals surface area contributed by atoms with Gasteiger partial charge in [-0.15, -0.1) is 0 Å². The van der Waals surface area contributed by atoms with Crippen LogP contribution >= 0.6 is 0 Å². The third kappa shape index (κ3) is 3.05. The summed E-state index contributed by atoms with van der Waals surface area (Å²) in [6, 6.07) is 10.3. The van der Waals surface area contributed by atoms with E-state index in [4.69, 9.17) is 5.21 Å². The fraction of sp³-hybridized carbons (Fsp3) is 0.333. The van der Waals surface area contributed by atoms with Crippen LogP contribution in [0.25, 0.3) is 11.3 Å². The van der Waals surface area contributed by atoms with Gasteiger partial charge in [0.1, 0.15) is 6.34 Å². The van der Waals surface area contributed by atoms with Gasteiger partial charge < -0.3 is 0 Å². The second kappa shape index (κ2) is 5.46. The number of nitrogens with one attached hydrogen (secondary N) is 1. The first kappa shape index (κ1) is 14.3. The van der Waals surface area contributed by atoms with Gasteiger partial charge in [0.15, 0.2) is 5.82 Å². The molecule has 2 N–H and O–H groups in total. The lowest BCUT2D eigenvalue weighted by atomic mass is 9.86. The Balaban J connectivity index is 2.30. The molecular weight excluding hydrogens is 252 g/mol. The highest BCUT2D eigenvalue weighted by Gasteiger charge is 2.13. The average molecular weight is 272 g/mol. The molecule has 0 aliphatic heterocycles. The zero-order valence-electron chi connectivity index (χ0n) is 12.3. The van der Waals surface area contributed by atoms with Gasteiger partial charge in [-0.3, -0.25) is 15.4 Å². The molecule has 2 aromatic rings. The van der Waals surface area contributed by atoms with Gasteiger partial charge in [-0.2, -0.15) is 5.10 Å². The van der Waals surface area contributed by atoms with Crippen LogP contribution in [0.3, 0.4) is 0 Å². The lowest BCUT2D eigenvalue weighted by Gasteiger charge is -2.18. The van der Waals surface area contributed by atoms with Crippen molar-refractivity contribution in [3.8, 4) is 11.3 Å². The maximum absolute atomic E-state index is 8.52. The largest absolute Gasteiger partial charge is 0.290 e. The third-order valence-corrected chi connectivity index (χ3v) is 3.16. The number of rotatable bonds is 3. The summed E-state index contributed by atoms with van der Waals surface area (Å²) in [5.41, 5.74) is 5.23. The summed E-state index contributed by atoms with van der Waals surface area (Å²) in [7, 11) is 1.82. The van der Waals surface area contributed by atoms with Crippen LogP contribution in [0.1, 0.15) is 26.3 Å². The van der Waals surface area contributed by atoms with Crippen LogP contribution < -0.4 is 5.48 Å². The Morgan fingerprint density at radius 2 is 1.90 bits per heavy atom. The number of aliphatic imine (C=N–C) groups is 1. The molecule has 0 amide bonds. The van der Waals surface area contributed by atoms with Crippen LogP contribution in [0.15, 0.2) is 35.3 Å². The summed E-state index contributed by atoms with van der Waals surface area (Å²) >= 11 is 0. The quantitative estimate of drug-likeness (QED) is 0.513. The molecule has 0 saturated carbocycles. The van der Waals surface area contributed by atoms with Crippen molar-refractivity contribution < 1.29 is 5.21 Å². The molecule has 2 rings (SSSR count). The normalized spacial score (nSPS) is 12.1.